The van der Waals surface area contributed by atoms with Gasteiger partial charge in [-0.3, -0.25) is 4.79 Å². The molecule has 0 aliphatic rings. The highest BCUT2D eigenvalue weighted by atomic mass is 35.5. The van der Waals surface area contributed by atoms with Crippen LogP contribution in [0, 0.1) is 5.82 Å². The number of aromatic carboxylic acids is 1. The molecule has 4 nitrogen and oxygen atoms in total. The van der Waals surface area contributed by atoms with Gasteiger partial charge in [0, 0.05) is 18.8 Å². The molecule has 0 radical (unpaired) electrons. The van der Waals surface area contributed by atoms with Crippen molar-refractivity contribution < 1.29 is 19.1 Å². The van der Waals surface area contributed by atoms with Crippen LogP contribution < -0.4 is 0 Å². The first kappa shape index (κ1) is 13.3. The van der Waals surface area contributed by atoms with E-state index >= 15 is 0 Å². The topological polar surface area (TPSA) is 59.3 Å². The number of ketones is 1. The molecule has 98 valence electrons. The lowest BCUT2D eigenvalue weighted by Gasteiger charge is -2.01. The van der Waals surface area contributed by atoms with Crippen molar-refractivity contribution in [2.45, 2.75) is 0 Å². The number of hydrogen-bond acceptors (Lipinski definition) is 2. The summed E-state index contributed by atoms with van der Waals surface area (Å²) < 4.78 is 15.0. The number of halogens is 2. The van der Waals surface area contributed by atoms with E-state index in [0.29, 0.717) is 0 Å². The fourth-order valence-electron chi connectivity index (χ4n) is 1.74. The molecular weight excluding hydrogens is 273 g/mol. The number of rotatable bonds is 3. The highest BCUT2D eigenvalue weighted by Crippen LogP contribution is 2.21. The van der Waals surface area contributed by atoms with Gasteiger partial charge in [-0.25, -0.2) is 9.18 Å². The number of carbonyl (C=O) groups is 2. The quantitative estimate of drug-likeness (QED) is 0.880. The summed E-state index contributed by atoms with van der Waals surface area (Å²) in [7, 11) is 1.49. The summed E-state index contributed by atoms with van der Waals surface area (Å²) >= 11 is 5.61. The maximum Gasteiger partial charge on any atom is 0.352 e. The van der Waals surface area contributed by atoms with Crippen LogP contribution in [0.15, 0.2) is 30.5 Å². The first-order valence-corrected chi connectivity index (χ1v) is 5.68. The van der Waals surface area contributed by atoms with Crippen LogP contribution in [0.2, 0.25) is 5.02 Å². The summed E-state index contributed by atoms with van der Waals surface area (Å²) in [6.07, 6.45) is 1.34. The maximum atomic E-state index is 13.7. The molecule has 0 amide bonds. The minimum absolute atomic E-state index is 0.0502. The van der Waals surface area contributed by atoms with Crippen LogP contribution in [0.5, 0.6) is 0 Å². The van der Waals surface area contributed by atoms with Gasteiger partial charge in [-0.1, -0.05) is 17.7 Å². The third-order valence-corrected chi connectivity index (χ3v) is 2.97. The van der Waals surface area contributed by atoms with Crippen molar-refractivity contribution in [1.82, 2.24) is 4.57 Å². The molecule has 19 heavy (non-hydrogen) atoms. The van der Waals surface area contributed by atoms with Crippen molar-refractivity contribution in [2.75, 3.05) is 0 Å². The fourth-order valence-corrected chi connectivity index (χ4v) is 1.91. The van der Waals surface area contributed by atoms with E-state index in [2.05, 4.69) is 0 Å². The molecule has 0 aliphatic heterocycles. The molecule has 0 saturated heterocycles. The summed E-state index contributed by atoms with van der Waals surface area (Å²) in [4.78, 5) is 23.0. The number of carboxylic acid groups (broad SMARTS) is 1. The number of carbonyl (C=O) groups excluding carboxylic acids is 1. The largest absolute Gasteiger partial charge is 0.477 e. The standard InChI is InChI=1S/C13H9ClFNO3/c1-16-6-7(5-10(16)13(18)19)12(17)8-3-2-4-9(14)11(8)15/h2-6H,1H3,(H,18,19). The number of aryl methyl sites for hydroxylation is 1. The van der Waals surface area contributed by atoms with E-state index in [9.17, 15) is 14.0 Å². The highest BCUT2D eigenvalue weighted by Gasteiger charge is 2.19. The molecule has 0 bridgehead atoms. The first-order chi connectivity index (χ1) is 8.91. The smallest absolute Gasteiger partial charge is 0.352 e. The zero-order valence-corrected chi connectivity index (χ0v) is 10.6. The number of nitrogens with zero attached hydrogens (tertiary/aromatic N) is 1. The minimum Gasteiger partial charge on any atom is -0.477 e. The van der Waals surface area contributed by atoms with Crippen LogP contribution >= 0.6 is 11.6 Å². The zero-order chi connectivity index (χ0) is 14.2. The lowest BCUT2D eigenvalue weighted by Crippen LogP contribution is -2.03. The molecule has 6 heteroatoms. The van der Waals surface area contributed by atoms with E-state index in [4.69, 9.17) is 16.7 Å². The predicted octanol–water partition coefficient (Wildman–Crippen LogP) is 2.75. The predicted molar refractivity (Wildman–Crippen MR) is 67.2 cm³/mol. The van der Waals surface area contributed by atoms with Crippen LogP contribution in [-0.4, -0.2) is 21.4 Å². The molecule has 0 aliphatic carbocycles. The Balaban J connectivity index is 2.48. The monoisotopic (exact) mass is 281 g/mol. The Morgan fingerprint density at radius 1 is 1.37 bits per heavy atom. The number of carboxylic acids is 1. The molecular formula is C13H9ClFNO3. The minimum atomic E-state index is -1.16. The summed E-state index contributed by atoms with van der Waals surface area (Å²) in [5, 5.41) is 8.75. The van der Waals surface area contributed by atoms with Crippen molar-refractivity contribution in [3.05, 3.63) is 58.1 Å². The second-order valence-electron chi connectivity index (χ2n) is 3.96. The van der Waals surface area contributed by atoms with Crippen LogP contribution in [-0.2, 0) is 7.05 Å². The average Bonchev–Trinajstić information content (AvgIpc) is 2.74. The van der Waals surface area contributed by atoms with Gasteiger partial charge in [0.05, 0.1) is 10.6 Å². The van der Waals surface area contributed by atoms with E-state index in [1.165, 1.54) is 42.1 Å². The third-order valence-electron chi connectivity index (χ3n) is 2.68. The zero-order valence-electron chi connectivity index (χ0n) is 9.85. The Kier molecular flexibility index (Phi) is 3.40. The summed E-state index contributed by atoms with van der Waals surface area (Å²) in [6.45, 7) is 0. The summed E-state index contributed by atoms with van der Waals surface area (Å²) in [5.41, 5.74) is -0.137. The van der Waals surface area contributed by atoms with Gasteiger partial charge in [0.25, 0.3) is 0 Å². The lowest BCUT2D eigenvalue weighted by molar-refractivity contribution is 0.0686. The molecule has 1 aromatic carbocycles. The number of aromatic nitrogens is 1. The molecule has 1 N–H and O–H groups in total. The van der Waals surface area contributed by atoms with Gasteiger partial charge in [0.15, 0.2) is 11.6 Å². The second kappa shape index (κ2) is 4.85. The van der Waals surface area contributed by atoms with Gasteiger partial charge < -0.3 is 9.67 Å². The van der Waals surface area contributed by atoms with Gasteiger partial charge in [0.2, 0.25) is 0 Å². The lowest BCUT2D eigenvalue weighted by atomic mass is 10.1. The van der Waals surface area contributed by atoms with Crippen molar-refractivity contribution in [2.24, 2.45) is 7.05 Å². The van der Waals surface area contributed by atoms with Crippen LogP contribution in [0.25, 0.3) is 0 Å². The SMILES string of the molecule is Cn1cc(C(=O)c2cccc(Cl)c2F)cc1C(=O)O. The van der Waals surface area contributed by atoms with Gasteiger partial charge in [0.1, 0.15) is 5.69 Å². The number of hydrogen-bond donors (Lipinski definition) is 1. The molecule has 2 rings (SSSR count). The van der Waals surface area contributed by atoms with Crippen molar-refractivity contribution in [3.8, 4) is 0 Å². The van der Waals surface area contributed by atoms with Crippen LogP contribution in [0.4, 0.5) is 4.39 Å². The van der Waals surface area contributed by atoms with E-state index in [1.807, 2.05) is 0 Å². The summed E-state index contributed by atoms with van der Waals surface area (Å²) in [6, 6.07) is 5.29. The molecule has 0 spiro atoms. The molecule has 0 saturated carbocycles. The average molecular weight is 282 g/mol. The Bertz CT molecular complexity index is 679. The molecule has 1 aromatic heterocycles. The fraction of sp³-hybridized carbons (Fsp3) is 0.0769. The van der Waals surface area contributed by atoms with Crippen molar-refractivity contribution in [1.29, 1.82) is 0 Å². The first-order valence-electron chi connectivity index (χ1n) is 5.30. The molecule has 1 heterocycles. The van der Waals surface area contributed by atoms with Gasteiger partial charge in [-0.2, -0.15) is 0 Å². The van der Waals surface area contributed by atoms with Crippen LogP contribution in [0.3, 0.4) is 0 Å². The van der Waals surface area contributed by atoms with E-state index in [0.717, 1.165) is 0 Å². The Labute approximate surface area is 113 Å². The molecule has 0 fully saturated rings. The van der Waals surface area contributed by atoms with E-state index < -0.39 is 17.6 Å². The van der Waals surface area contributed by atoms with Crippen LogP contribution in [0.1, 0.15) is 26.4 Å². The van der Waals surface area contributed by atoms with Gasteiger partial charge in [-0.05, 0) is 18.2 Å². The van der Waals surface area contributed by atoms with Gasteiger partial charge in [-0.15, -0.1) is 0 Å². The molecule has 2 aromatic rings. The Hall–Kier alpha value is -2.14. The Morgan fingerprint density at radius 2 is 2.05 bits per heavy atom. The van der Waals surface area contributed by atoms with E-state index in [1.54, 1.807) is 0 Å². The Morgan fingerprint density at radius 3 is 2.63 bits per heavy atom. The maximum absolute atomic E-state index is 13.7. The van der Waals surface area contributed by atoms with Crippen molar-refractivity contribution in [3.63, 3.8) is 0 Å². The van der Waals surface area contributed by atoms with Crippen molar-refractivity contribution >= 4 is 23.4 Å². The second-order valence-corrected chi connectivity index (χ2v) is 4.37. The highest BCUT2D eigenvalue weighted by molar-refractivity contribution is 6.31. The summed E-state index contributed by atoms with van der Waals surface area (Å²) in [5.74, 6) is -2.58. The van der Waals surface area contributed by atoms with Gasteiger partial charge >= 0.3 is 5.97 Å². The normalized spacial score (nSPS) is 10.5. The molecule has 0 unspecified atom stereocenters. The van der Waals surface area contributed by atoms with E-state index in [-0.39, 0.29) is 21.8 Å². The number of benzene rings is 1. The third kappa shape index (κ3) is 2.37. The molecule has 0 atom stereocenters.